The van der Waals surface area contributed by atoms with Crippen LogP contribution in [0.1, 0.15) is 18.4 Å². The van der Waals surface area contributed by atoms with Gasteiger partial charge in [0.2, 0.25) is 0 Å². The van der Waals surface area contributed by atoms with Crippen molar-refractivity contribution in [3.8, 4) is 0 Å². The van der Waals surface area contributed by atoms with Crippen LogP contribution in [0, 0.1) is 11.8 Å². The van der Waals surface area contributed by atoms with Gasteiger partial charge in [-0.2, -0.15) is 0 Å². The molecule has 1 aromatic heterocycles. The smallest absolute Gasteiger partial charge is 0.0546 e. The Bertz CT molecular complexity index is 619. The maximum Gasteiger partial charge on any atom is 0.0546 e. The van der Waals surface area contributed by atoms with Crippen LogP contribution < -0.4 is 0 Å². The van der Waals surface area contributed by atoms with Crippen LogP contribution in [0.3, 0.4) is 0 Å². The molecule has 2 aromatic rings. The highest BCUT2D eigenvalue weighted by Crippen LogP contribution is 2.38. The molecule has 1 unspecified atom stereocenters. The highest BCUT2D eigenvalue weighted by Gasteiger charge is 2.39. The maximum atomic E-state index is 9.71. The minimum absolute atomic E-state index is 0.0344. The van der Waals surface area contributed by atoms with Gasteiger partial charge in [0, 0.05) is 38.4 Å². The van der Waals surface area contributed by atoms with Gasteiger partial charge in [0.05, 0.1) is 6.10 Å². The summed E-state index contributed by atoms with van der Waals surface area (Å²) < 4.78 is 2.17. The van der Waals surface area contributed by atoms with E-state index in [0.717, 1.165) is 44.3 Å². The van der Waals surface area contributed by atoms with E-state index in [1.807, 2.05) is 0 Å². The molecule has 0 amide bonds. The molecule has 106 valence electrons. The number of aromatic nitrogens is 1. The number of benzene rings is 1. The molecule has 20 heavy (non-hydrogen) atoms. The average molecular weight is 270 g/mol. The van der Waals surface area contributed by atoms with E-state index >= 15 is 0 Å². The van der Waals surface area contributed by atoms with E-state index in [0.29, 0.717) is 0 Å². The Hall–Kier alpha value is -1.32. The summed E-state index contributed by atoms with van der Waals surface area (Å²) in [4.78, 5) is 2.56. The number of nitrogens with zero attached hydrogens (tertiary/aromatic N) is 2. The minimum atomic E-state index is -0.0344. The third-order valence-corrected chi connectivity index (χ3v) is 5.16. The zero-order valence-electron chi connectivity index (χ0n) is 12.0. The van der Waals surface area contributed by atoms with Crippen molar-refractivity contribution in [1.29, 1.82) is 0 Å². The van der Waals surface area contributed by atoms with Gasteiger partial charge in [0.25, 0.3) is 0 Å². The first-order valence-electron chi connectivity index (χ1n) is 7.63. The molecule has 1 saturated heterocycles. The number of hydrogen-bond donors (Lipinski definition) is 1. The number of hydrogen-bond acceptors (Lipinski definition) is 2. The molecule has 1 N–H and O–H groups in total. The maximum absolute atomic E-state index is 9.71. The Balaban J connectivity index is 1.48. The molecule has 2 heterocycles. The van der Waals surface area contributed by atoms with Gasteiger partial charge >= 0.3 is 0 Å². The molecule has 1 aliphatic heterocycles. The highest BCUT2D eigenvalue weighted by atomic mass is 16.3. The normalized spacial score (nSPS) is 30.2. The zero-order chi connectivity index (χ0) is 13.7. The van der Waals surface area contributed by atoms with E-state index in [2.05, 4.69) is 47.0 Å². The first-order valence-corrected chi connectivity index (χ1v) is 7.63. The predicted octanol–water partition coefficient (Wildman–Crippen LogP) is 2.38. The summed E-state index contributed by atoms with van der Waals surface area (Å²) in [7, 11) is 2.09. The topological polar surface area (TPSA) is 28.4 Å². The van der Waals surface area contributed by atoms with E-state index in [9.17, 15) is 5.11 Å². The lowest BCUT2D eigenvalue weighted by molar-refractivity contribution is 0.161. The second-order valence-electron chi connectivity index (χ2n) is 6.66. The molecule has 3 nitrogen and oxygen atoms in total. The van der Waals surface area contributed by atoms with Gasteiger partial charge < -0.3 is 9.67 Å². The number of aliphatic hydroxyl groups is 1. The monoisotopic (exact) mass is 270 g/mol. The van der Waals surface area contributed by atoms with Crippen LogP contribution in [-0.4, -0.2) is 33.8 Å². The van der Waals surface area contributed by atoms with E-state index < -0.39 is 0 Å². The third kappa shape index (κ3) is 2.05. The van der Waals surface area contributed by atoms with Crippen LogP contribution in [0.4, 0.5) is 0 Å². The summed E-state index contributed by atoms with van der Waals surface area (Å²) in [5.41, 5.74) is 2.71. The standard InChI is InChI=1S/C17H22N2O/c1-18-5-4-13-6-12(2-3-17(13)18)9-19-10-14-7-16(20)8-15(14)11-19/h2-6,14-16,20H,7-11H2,1H3/t14-,15+,16?. The van der Waals surface area contributed by atoms with Gasteiger partial charge in [-0.05, 0) is 53.8 Å². The van der Waals surface area contributed by atoms with Crippen LogP contribution in [-0.2, 0) is 13.6 Å². The molecule has 4 rings (SSSR count). The molecule has 1 saturated carbocycles. The van der Waals surface area contributed by atoms with E-state index in [1.54, 1.807) is 0 Å². The Labute approximate surface area is 119 Å². The lowest BCUT2D eigenvalue weighted by atomic mass is 10.0. The molecular formula is C17H22N2O. The minimum Gasteiger partial charge on any atom is -0.393 e. The summed E-state index contributed by atoms with van der Waals surface area (Å²) in [5.74, 6) is 1.45. The molecule has 0 radical (unpaired) electrons. The average Bonchev–Trinajstić information content (AvgIpc) is 3.03. The molecule has 1 aromatic carbocycles. The highest BCUT2D eigenvalue weighted by molar-refractivity contribution is 5.80. The first kappa shape index (κ1) is 12.4. The molecule has 3 heteroatoms. The van der Waals surface area contributed by atoms with Crippen molar-refractivity contribution in [2.45, 2.75) is 25.5 Å². The van der Waals surface area contributed by atoms with Gasteiger partial charge in [0.1, 0.15) is 0 Å². The van der Waals surface area contributed by atoms with Crippen molar-refractivity contribution in [1.82, 2.24) is 9.47 Å². The zero-order valence-corrected chi connectivity index (χ0v) is 12.0. The number of aryl methyl sites for hydroxylation is 1. The van der Waals surface area contributed by atoms with E-state index in [-0.39, 0.29) is 6.10 Å². The molecular weight excluding hydrogens is 248 g/mol. The summed E-state index contributed by atoms with van der Waals surface area (Å²) >= 11 is 0. The lowest BCUT2D eigenvalue weighted by Gasteiger charge is -2.17. The van der Waals surface area contributed by atoms with E-state index in [4.69, 9.17) is 0 Å². The quantitative estimate of drug-likeness (QED) is 0.907. The van der Waals surface area contributed by atoms with Gasteiger partial charge in [-0.1, -0.05) is 6.07 Å². The molecule has 0 spiro atoms. The van der Waals surface area contributed by atoms with Crippen molar-refractivity contribution >= 4 is 10.9 Å². The van der Waals surface area contributed by atoms with Crippen molar-refractivity contribution in [2.75, 3.05) is 13.1 Å². The lowest BCUT2D eigenvalue weighted by Crippen LogP contribution is -2.22. The van der Waals surface area contributed by atoms with Crippen molar-refractivity contribution in [3.05, 3.63) is 36.0 Å². The van der Waals surface area contributed by atoms with Crippen LogP contribution >= 0.6 is 0 Å². The SMILES string of the molecule is Cn1ccc2cc(CN3C[C@H]4CC(O)C[C@H]4C3)ccc21. The van der Waals surface area contributed by atoms with E-state index in [1.165, 1.54) is 16.5 Å². The number of fused-ring (bicyclic) bond motifs is 2. The second-order valence-corrected chi connectivity index (χ2v) is 6.66. The van der Waals surface area contributed by atoms with Gasteiger partial charge in [-0.15, -0.1) is 0 Å². The summed E-state index contributed by atoms with van der Waals surface area (Å²) in [6.07, 6.45) is 4.11. The Morgan fingerprint density at radius 3 is 2.65 bits per heavy atom. The van der Waals surface area contributed by atoms with Crippen molar-refractivity contribution < 1.29 is 5.11 Å². The first-order chi connectivity index (χ1) is 9.69. The third-order valence-electron chi connectivity index (χ3n) is 5.16. The Morgan fingerprint density at radius 1 is 1.15 bits per heavy atom. The second kappa shape index (κ2) is 4.61. The summed E-state index contributed by atoms with van der Waals surface area (Å²) in [6, 6.07) is 8.99. The summed E-state index contributed by atoms with van der Waals surface area (Å²) in [5, 5.41) is 11.0. The molecule has 2 aliphatic rings. The molecule has 2 fully saturated rings. The van der Waals surface area contributed by atoms with Gasteiger partial charge in [-0.3, -0.25) is 4.90 Å². The number of aliphatic hydroxyl groups excluding tert-OH is 1. The molecule has 0 bridgehead atoms. The fraction of sp³-hybridized carbons (Fsp3) is 0.529. The van der Waals surface area contributed by atoms with Crippen LogP contribution in [0.15, 0.2) is 30.5 Å². The van der Waals surface area contributed by atoms with Crippen LogP contribution in [0.25, 0.3) is 10.9 Å². The van der Waals surface area contributed by atoms with Crippen LogP contribution in [0.5, 0.6) is 0 Å². The van der Waals surface area contributed by atoms with Crippen molar-refractivity contribution in [3.63, 3.8) is 0 Å². The largest absolute Gasteiger partial charge is 0.393 e. The number of likely N-dealkylation sites (tertiary alicyclic amines) is 1. The molecule has 1 aliphatic carbocycles. The van der Waals surface area contributed by atoms with Crippen molar-refractivity contribution in [2.24, 2.45) is 18.9 Å². The Kier molecular flexibility index (Phi) is 2.86. The number of rotatable bonds is 2. The fourth-order valence-corrected chi connectivity index (χ4v) is 4.18. The molecule has 3 atom stereocenters. The Morgan fingerprint density at radius 2 is 1.90 bits per heavy atom. The predicted molar refractivity (Wildman–Crippen MR) is 80.4 cm³/mol. The summed E-state index contributed by atoms with van der Waals surface area (Å²) in [6.45, 7) is 3.37. The van der Waals surface area contributed by atoms with Gasteiger partial charge in [0.15, 0.2) is 0 Å². The van der Waals surface area contributed by atoms with Crippen LogP contribution in [0.2, 0.25) is 0 Å². The fourth-order valence-electron chi connectivity index (χ4n) is 4.18. The van der Waals surface area contributed by atoms with Gasteiger partial charge in [-0.25, -0.2) is 0 Å².